The van der Waals surface area contributed by atoms with E-state index in [9.17, 15) is 9.59 Å². The summed E-state index contributed by atoms with van der Waals surface area (Å²) in [5, 5.41) is 8.96. The molecule has 5 heteroatoms. The molecule has 0 aromatic heterocycles. The van der Waals surface area contributed by atoms with Crippen molar-refractivity contribution in [2.45, 2.75) is 6.92 Å². The lowest BCUT2D eigenvalue weighted by Gasteiger charge is -2.13. The number of methoxy groups -OCH3 is 2. The Bertz CT molecular complexity index is 436. The van der Waals surface area contributed by atoms with E-state index in [-0.39, 0.29) is 16.9 Å². The van der Waals surface area contributed by atoms with E-state index in [0.717, 1.165) is 0 Å². The van der Waals surface area contributed by atoms with Crippen LogP contribution < -0.4 is 9.47 Å². The Hall–Kier alpha value is -2.04. The second-order valence-electron chi connectivity index (χ2n) is 3.12. The Kier molecular flexibility index (Phi) is 3.50. The molecule has 1 aromatic carbocycles. The van der Waals surface area contributed by atoms with Crippen LogP contribution in [0.15, 0.2) is 6.07 Å². The van der Waals surface area contributed by atoms with Gasteiger partial charge in [0.15, 0.2) is 6.29 Å². The Labute approximate surface area is 92.6 Å². The van der Waals surface area contributed by atoms with Gasteiger partial charge >= 0.3 is 5.97 Å². The fourth-order valence-corrected chi connectivity index (χ4v) is 1.52. The summed E-state index contributed by atoms with van der Waals surface area (Å²) in [7, 11) is 2.80. The number of carboxylic acids is 1. The van der Waals surface area contributed by atoms with Crippen LogP contribution in [0.1, 0.15) is 26.3 Å². The van der Waals surface area contributed by atoms with Gasteiger partial charge in [-0.3, -0.25) is 4.79 Å². The van der Waals surface area contributed by atoms with Gasteiger partial charge in [0.1, 0.15) is 11.5 Å². The molecule has 16 heavy (non-hydrogen) atoms. The number of carbonyl (C=O) groups is 2. The van der Waals surface area contributed by atoms with Crippen molar-refractivity contribution in [1.29, 1.82) is 0 Å². The van der Waals surface area contributed by atoms with Crippen LogP contribution in [0, 0.1) is 6.92 Å². The van der Waals surface area contributed by atoms with E-state index in [1.165, 1.54) is 20.3 Å². The smallest absolute Gasteiger partial charge is 0.336 e. The fraction of sp³-hybridized carbons (Fsp3) is 0.273. The summed E-state index contributed by atoms with van der Waals surface area (Å²) >= 11 is 0. The lowest BCUT2D eigenvalue weighted by Crippen LogP contribution is -2.07. The topological polar surface area (TPSA) is 72.8 Å². The number of aldehydes is 1. The minimum atomic E-state index is -1.20. The highest BCUT2D eigenvalue weighted by Crippen LogP contribution is 2.33. The van der Waals surface area contributed by atoms with Gasteiger partial charge in [-0.05, 0) is 13.0 Å². The van der Waals surface area contributed by atoms with Crippen molar-refractivity contribution < 1.29 is 24.2 Å². The highest BCUT2D eigenvalue weighted by atomic mass is 16.5. The van der Waals surface area contributed by atoms with Crippen LogP contribution in [-0.2, 0) is 0 Å². The van der Waals surface area contributed by atoms with E-state index in [2.05, 4.69) is 0 Å². The van der Waals surface area contributed by atoms with Crippen molar-refractivity contribution in [3.63, 3.8) is 0 Å². The van der Waals surface area contributed by atoms with E-state index < -0.39 is 5.97 Å². The normalized spacial score (nSPS) is 9.69. The van der Waals surface area contributed by atoms with Crippen LogP contribution in [0.5, 0.6) is 11.5 Å². The average Bonchev–Trinajstić information content (AvgIpc) is 2.27. The molecule has 0 aliphatic heterocycles. The molecule has 0 saturated heterocycles. The second kappa shape index (κ2) is 4.65. The molecule has 0 heterocycles. The minimum Gasteiger partial charge on any atom is -0.496 e. The van der Waals surface area contributed by atoms with Crippen molar-refractivity contribution in [1.82, 2.24) is 0 Å². The quantitative estimate of drug-likeness (QED) is 0.785. The van der Waals surface area contributed by atoms with Gasteiger partial charge in [-0.15, -0.1) is 0 Å². The summed E-state index contributed by atoms with van der Waals surface area (Å²) in [6.07, 6.45) is 0.467. The summed E-state index contributed by atoms with van der Waals surface area (Å²) in [6, 6.07) is 1.31. The number of rotatable bonds is 4. The maximum Gasteiger partial charge on any atom is 0.336 e. The molecule has 0 spiro atoms. The van der Waals surface area contributed by atoms with Crippen LogP contribution in [0.25, 0.3) is 0 Å². The molecule has 0 bridgehead atoms. The molecule has 1 aromatic rings. The predicted octanol–water partition coefficient (Wildman–Crippen LogP) is 1.52. The number of carbonyl (C=O) groups excluding carboxylic acids is 1. The predicted molar refractivity (Wildman–Crippen MR) is 56.6 cm³/mol. The molecular formula is C11H12O5. The molecule has 1 rings (SSSR count). The van der Waals surface area contributed by atoms with E-state index in [1.54, 1.807) is 6.92 Å². The van der Waals surface area contributed by atoms with Crippen molar-refractivity contribution >= 4 is 12.3 Å². The Morgan fingerprint density at radius 2 is 2.00 bits per heavy atom. The zero-order valence-corrected chi connectivity index (χ0v) is 9.23. The third-order valence-electron chi connectivity index (χ3n) is 2.29. The largest absolute Gasteiger partial charge is 0.496 e. The van der Waals surface area contributed by atoms with Crippen LogP contribution >= 0.6 is 0 Å². The molecule has 0 unspecified atom stereocenters. The van der Waals surface area contributed by atoms with Gasteiger partial charge in [0.25, 0.3) is 0 Å². The Morgan fingerprint density at radius 3 is 2.38 bits per heavy atom. The molecule has 0 fully saturated rings. The summed E-state index contributed by atoms with van der Waals surface area (Å²) in [6.45, 7) is 1.69. The number of aromatic carboxylic acids is 1. The fourth-order valence-electron chi connectivity index (χ4n) is 1.52. The SMILES string of the molecule is COc1cc(C(=O)O)c(C=O)c(OC)c1C. The van der Waals surface area contributed by atoms with Gasteiger partial charge < -0.3 is 14.6 Å². The number of hydrogen-bond acceptors (Lipinski definition) is 4. The number of benzene rings is 1. The molecule has 5 nitrogen and oxygen atoms in total. The van der Waals surface area contributed by atoms with Crippen LogP contribution in [-0.4, -0.2) is 31.6 Å². The lowest BCUT2D eigenvalue weighted by atomic mass is 10.0. The number of ether oxygens (including phenoxy) is 2. The first-order valence-corrected chi connectivity index (χ1v) is 4.50. The van der Waals surface area contributed by atoms with Crippen LogP contribution in [0.3, 0.4) is 0 Å². The van der Waals surface area contributed by atoms with E-state index in [0.29, 0.717) is 17.6 Å². The minimum absolute atomic E-state index is 0.0216. The van der Waals surface area contributed by atoms with E-state index >= 15 is 0 Å². The molecule has 0 aliphatic carbocycles. The number of hydrogen-bond donors (Lipinski definition) is 1. The molecule has 1 N–H and O–H groups in total. The third-order valence-corrected chi connectivity index (χ3v) is 2.29. The molecule has 0 amide bonds. The monoisotopic (exact) mass is 224 g/mol. The maximum atomic E-state index is 11.0. The van der Waals surface area contributed by atoms with Gasteiger partial charge in [0, 0.05) is 5.56 Å². The summed E-state index contributed by atoms with van der Waals surface area (Å²) in [4.78, 5) is 21.8. The van der Waals surface area contributed by atoms with Gasteiger partial charge in [-0.2, -0.15) is 0 Å². The highest BCUT2D eigenvalue weighted by Gasteiger charge is 2.20. The zero-order chi connectivity index (χ0) is 12.3. The van der Waals surface area contributed by atoms with Gasteiger partial charge in [-0.25, -0.2) is 4.79 Å². The first-order chi connectivity index (χ1) is 7.56. The van der Waals surface area contributed by atoms with Crippen LogP contribution in [0.2, 0.25) is 0 Å². The molecule has 0 aliphatic rings. The molecule has 0 atom stereocenters. The first-order valence-electron chi connectivity index (χ1n) is 4.50. The van der Waals surface area contributed by atoms with Crippen LogP contribution in [0.4, 0.5) is 0 Å². The molecule has 0 radical (unpaired) electrons. The van der Waals surface area contributed by atoms with E-state index in [1.807, 2.05) is 0 Å². The Balaban J connectivity index is 3.62. The van der Waals surface area contributed by atoms with E-state index in [4.69, 9.17) is 14.6 Å². The lowest BCUT2D eigenvalue weighted by molar-refractivity contribution is 0.0693. The summed E-state index contributed by atoms with van der Waals surface area (Å²) < 4.78 is 10.0. The Morgan fingerprint density at radius 1 is 1.38 bits per heavy atom. The van der Waals surface area contributed by atoms with Crippen molar-refractivity contribution in [3.8, 4) is 11.5 Å². The van der Waals surface area contributed by atoms with Crippen molar-refractivity contribution in [3.05, 3.63) is 22.8 Å². The summed E-state index contributed by atoms with van der Waals surface area (Å²) in [5.74, 6) is -0.592. The van der Waals surface area contributed by atoms with Crippen molar-refractivity contribution in [2.75, 3.05) is 14.2 Å². The number of carboxylic acid groups (broad SMARTS) is 1. The maximum absolute atomic E-state index is 11.0. The molecule has 86 valence electrons. The van der Waals surface area contributed by atoms with Gasteiger partial charge in [0.05, 0.1) is 25.3 Å². The third kappa shape index (κ3) is 1.84. The highest BCUT2D eigenvalue weighted by molar-refractivity contribution is 6.00. The summed E-state index contributed by atoms with van der Waals surface area (Å²) in [5.41, 5.74) is 0.486. The van der Waals surface area contributed by atoms with Crippen molar-refractivity contribution in [2.24, 2.45) is 0 Å². The van der Waals surface area contributed by atoms with Gasteiger partial charge in [-0.1, -0.05) is 0 Å². The standard InChI is InChI=1S/C11H12O5/c1-6-9(15-2)4-7(11(13)14)8(5-12)10(6)16-3/h4-5H,1-3H3,(H,13,14). The van der Waals surface area contributed by atoms with Gasteiger partial charge in [0.2, 0.25) is 0 Å². The first kappa shape index (κ1) is 12.0. The zero-order valence-electron chi connectivity index (χ0n) is 9.23. The molecular weight excluding hydrogens is 212 g/mol. The second-order valence-corrected chi connectivity index (χ2v) is 3.12. The average molecular weight is 224 g/mol. The molecule has 0 saturated carbocycles.